The van der Waals surface area contributed by atoms with E-state index in [0.717, 1.165) is 38.5 Å². The van der Waals surface area contributed by atoms with Crippen molar-refractivity contribution in [1.29, 1.82) is 0 Å². The number of nitrogens with one attached hydrogen (secondary N) is 1. The highest BCUT2D eigenvalue weighted by Crippen LogP contribution is 2.60. The summed E-state index contributed by atoms with van der Waals surface area (Å²) in [5.41, 5.74) is -0.444. The predicted molar refractivity (Wildman–Crippen MR) is 95.9 cm³/mol. The molecule has 27 heavy (non-hydrogen) atoms. The largest absolute Gasteiger partial charge is 0.349 e. The van der Waals surface area contributed by atoms with Gasteiger partial charge in [0, 0.05) is 12.1 Å². The molecule has 0 radical (unpaired) electrons. The van der Waals surface area contributed by atoms with Crippen LogP contribution < -0.4 is 5.32 Å². The Morgan fingerprint density at radius 1 is 1.22 bits per heavy atom. The van der Waals surface area contributed by atoms with E-state index < -0.39 is 16.1 Å². The van der Waals surface area contributed by atoms with Gasteiger partial charge in [0.25, 0.3) is 0 Å². The van der Waals surface area contributed by atoms with Crippen LogP contribution in [0.25, 0.3) is 0 Å². The summed E-state index contributed by atoms with van der Waals surface area (Å²) in [4.78, 5) is 14.9. The van der Waals surface area contributed by atoms with Crippen molar-refractivity contribution in [2.24, 2.45) is 11.8 Å². The van der Waals surface area contributed by atoms with Crippen LogP contribution in [0.15, 0.2) is 6.33 Å². The Labute approximate surface area is 158 Å². The molecule has 1 aromatic heterocycles. The summed E-state index contributed by atoms with van der Waals surface area (Å²) in [6.45, 7) is 0.433. The van der Waals surface area contributed by atoms with E-state index in [-0.39, 0.29) is 17.0 Å². The summed E-state index contributed by atoms with van der Waals surface area (Å²) in [5.74, 6) is 0.959. The molecule has 1 saturated heterocycles. The van der Waals surface area contributed by atoms with E-state index in [1.54, 1.807) is 4.80 Å². The van der Waals surface area contributed by atoms with E-state index in [9.17, 15) is 13.2 Å². The summed E-state index contributed by atoms with van der Waals surface area (Å²) in [7, 11) is -3.37. The molecule has 5 fully saturated rings. The van der Waals surface area contributed by atoms with Crippen LogP contribution in [-0.2, 0) is 20.4 Å². The molecule has 10 heteroatoms. The van der Waals surface area contributed by atoms with Gasteiger partial charge in [-0.05, 0) is 68.4 Å². The first-order valence-electron chi connectivity index (χ1n) is 9.81. The highest BCUT2D eigenvalue weighted by atomic mass is 32.2. The monoisotopic (exact) mass is 394 g/mol. The van der Waals surface area contributed by atoms with Crippen molar-refractivity contribution in [2.75, 3.05) is 12.8 Å². The number of aromatic nitrogens is 4. The molecule has 9 nitrogen and oxygen atoms in total. The van der Waals surface area contributed by atoms with Gasteiger partial charge in [-0.2, -0.15) is 9.10 Å². The van der Waals surface area contributed by atoms with Gasteiger partial charge in [0.05, 0.1) is 11.8 Å². The Kier molecular flexibility index (Phi) is 3.72. The zero-order valence-corrected chi connectivity index (χ0v) is 16.4. The van der Waals surface area contributed by atoms with Crippen LogP contribution in [-0.4, -0.2) is 63.2 Å². The molecule has 4 bridgehead atoms. The average molecular weight is 395 g/mol. The van der Waals surface area contributed by atoms with E-state index in [1.165, 1.54) is 23.3 Å². The lowest BCUT2D eigenvalue weighted by atomic mass is 9.50. The summed E-state index contributed by atoms with van der Waals surface area (Å²) < 4.78 is 25.4. The van der Waals surface area contributed by atoms with Gasteiger partial charge in [0.1, 0.15) is 6.04 Å². The quantitative estimate of drug-likeness (QED) is 0.784. The fraction of sp³-hybridized carbons (Fsp3) is 0.882. The minimum atomic E-state index is -3.37. The number of carbonyl (C=O) groups excluding carboxylic acids is 1. The Balaban J connectivity index is 1.41. The minimum Gasteiger partial charge on any atom is -0.349 e. The van der Waals surface area contributed by atoms with Crippen LogP contribution in [0.1, 0.15) is 51.4 Å². The van der Waals surface area contributed by atoms with E-state index in [1.807, 2.05) is 0 Å². The van der Waals surface area contributed by atoms with Crippen molar-refractivity contribution in [3.8, 4) is 0 Å². The van der Waals surface area contributed by atoms with Gasteiger partial charge in [-0.3, -0.25) is 4.79 Å². The third kappa shape index (κ3) is 2.79. The van der Waals surface area contributed by atoms with Gasteiger partial charge in [0.2, 0.25) is 15.9 Å². The number of amides is 1. The smallest absolute Gasteiger partial charge is 0.238 e. The fourth-order valence-corrected chi connectivity index (χ4v) is 7.85. The van der Waals surface area contributed by atoms with Crippen molar-refractivity contribution < 1.29 is 13.2 Å². The molecule has 0 aromatic carbocycles. The van der Waals surface area contributed by atoms with Gasteiger partial charge >= 0.3 is 0 Å². The zero-order chi connectivity index (χ0) is 18.9. The van der Waals surface area contributed by atoms with Crippen LogP contribution >= 0.6 is 0 Å². The number of hydrogen-bond donors (Lipinski definition) is 1. The van der Waals surface area contributed by atoms with Gasteiger partial charge in [-0.25, -0.2) is 8.42 Å². The topological polar surface area (TPSA) is 110 Å². The molecular formula is C17H26N6O3S. The lowest BCUT2D eigenvalue weighted by Gasteiger charge is -2.61. The molecule has 1 N–H and O–H groups in total. The maximum absolute atomic E-state index is 13.1. The van der Waals surface area contributed by atoms with Crippen molar-refractivity contribution in [3.63, 3.8) is 0 Å². The molecule has 4 aliphatic carbocycles. The van der Waals surface area contributed by atoms with Gasteiger partial charge in [-0.1, -0.05) is 0 Å². The molecule has 1 aliphatic heterocycles. The third-order valence-corrected chi connectivity index (χ3v) is 8.41. The highest BCUT2D eigenvalue weighted by Gasteiger charge is 2.60. The van der Waals surface area contributed by atoms with Gasteiger partial charge in [0.15, 0.2) is 6.33 Å². The maximum atomic E-state index is 13.1. The van der Waals surface area contributed by atoms with Gasteiger partial charge in [-0.15, -0.1) is 10.2 Å². The Morgan fingerprint density at radius 2 is 1.96 bits per heavy atom. The number of nitrogens with zero attached hydrogens (tertiary/aromatic N) is 5. The summed E-state index contributed by atoms with van der Waals surface area (Å²) in [5, 5.41) is 15.8. The van der Waals surface area contributed by atoms with Crippen LogP contribution in [0.4, 0.5) is 0 Å². The second-order valence-corrected chi connectivity index (χ2v) is 11.1. The first-order valence-corrected chi connectivity index (χ1v) is 11.7. The number of carbonyl (C=O) groups is 1. The summed E-state index contributed by atoms with van der Waals surface area (Å²) >= 11 is 0. The Bertz CT molecular complexity index is 840. The Morgan fingerprint density at radius 3 is 2.59 bits per heavy atom. The van der Waals surface area contributed by atoms with E-state index >= 15 is 0 Å². The summed E-state index contributed by atoms with van der Waals surface area (Å²) in [6, 6.07) is -0.576. The number of rotatable bonds is 4. The molecule has 148 valence electrons. The van der Waals surface area contributed by atoms with Crippen molar-refractivity contribution in [3.05, 3.63) is 6.33 Å². The second-order valence-electron chi connectivity index (χ2n) is 9.21. The molecule has 6 rings (SSSR count). The number of hydrogen-bond acceptors (Lipinski definition) is 6. The second kappa shape index (κ2) is 5.73. The first kappa shape index (κ1) is 17.5. The Hall–Kier alpha value is -1.55. The van der Waals surface area contributed by atoms with Crippen molar-refractivity contribution in [2.45, 2.75) is 68.5 Å². The molecule has 4 saturated carbocycles. The third-order valence-electron chi connectivity index (χ3n) is 7.12. The molecule has 2 unspecified atom stereocenters. The molecule has 5 aliphatic rings. The highest BCUT2D eigenvalue weighted by molar-refractivity contribution is 7.88. The zero-order valence-electron chi connectivity index (χ0n) is 15.5. The molecule has 1 aromatic rings. The standard InChI is InChI=1S/C17H26N6O3S/c1-27(25,26)22-4-2-3-14(22)15(24)20-16-6-12-5-13(7-16)9-17(8-12,10-16)23-19-11-18-21-23/h11-14H,2-10H2,1H3,(H,20,24)/t12?,13?,14-,16?,17?/m0/s1. The van der Waals surface area contributed by atoms with Crippen molar-refractivity contribution in [1.82, 2.24) is 29.8 Å². The van der Waals surface area contributed by atoms with Crippen LogP contribution in [0.3, 0.4) is 0 Å². The van der Waals surface area contributed by atoms with E-state index in [0.29, 0.717) is 24.8 Å². The van der Waals surface area contributed by atoms with E-state index in [4.69, 9.17) is 0 Å². The normalized spacial score (nSPS) is 41.1. The minimum absolute atomic E-state index is 0.137. The lowest BCUT2D eigenvalue weighted by molar-refractivity contribution is -0.134. The van der Waals surface area contributed by atoms with Gasteiger partial charge < -0.3 is 5.32 Å². The average Bonchev–Trinajstić information content (AvgIpc) is 3.25. The van der Waals surface area contributed by atoms with Crippen LogP contribution in [0.5, 0.6) is 0 Å². The SMILES string of the molecule is CS(=O)(=O)N1CCC[C@H]1C(=O)NC12CC3CC(C1)CC(n1ncnn1)(C3)C2. The molecule has 3 atom stereocenters. The van der Waals surface area contributed by atoms with Crippen molar-refractivity contribution >= 4 is 15.9 Å². The molecular weight excluding hydrogens is 368 g/mol. The summed E-state index contributed by atoms with van der Waals surface area (Å²) in [6.07, 6.45) is 10.0. The lowest BCUT2D eigenvalue weighted by Crippen LogP contribution is -2.67. The number of sulfonamides is 1. The molecule has 2 heterocycles. The predicted octanol–water partition coefficient (Wildman–Crippen LogP) is 0.261. The van der Waals surface area contributed by atoms with Crippen LogP contribution in [0, 0.1) is 11.8 Å². The van der Waals surface area contributed by atoms with Crippen LogP contribution in [0.2, 0.25) is 0 Å². The van der Waals surface area contributed by atoms with E-state index in [2.05, 4.69) is 20.7 Å². The number of tetrazole rings is 1. The molecule has 1 amide bonds. The maximum Gasteiger partial charge on any atom is 0.238 e. The molecule has 0 spiro atoms. The first-order chi connectivity index (χ1) is 12.8. The fourth-order valence-electron chi connectivity index (χ4n) is 6.72.